The minimum atomic E-state index is 0.0955. The molecule has 4 rings (SSSR count). The van der Waals surface area contributed by atoms with E-state index in [9.17, 15) is 4.79 Å². The van der Waals surface area contributed by atoms with Gasteiger partial charge in [0.1, 0.15) is 0 Å². The highest BCUT2D eigenvalue weighted by Gasteiger charge is 2.21. The number of ether oxygens (including phenoxy) is 1. The number of nitrogens with one attached hydrogen (secondary N) is 1. The Morgan fingerprint density at radius 3 is 3.07 bits per heavy atom. The van der Waals surface area contributed by atoms with Gasteiger partial charge in [-0.05, 0) is 38.8 Å². The first-order chi connectivity index (χ1) is 13.0. The lowest BCUT2D eigenvalue weighted by atomic mass is 10.2. The van der Waals surface area contributed by atoms with E-state index in [2.05, 4.69) is 19.5 Å². The molecule has 1 fully saturated rings. The summed E-state index contributed by atoms with van der Waals surface area (Å²) >= 11 is 7.33. The van der Waals surface area contributed by atoms with Crippen LogP contribution in [0, 0.1) is 13.8 Å². The second-order valence-corrected chi connectivity index (χ2v) is 8.21. The van der Waals surface area contributed by atoms with E-state index in [4.69, 9.17) is 16.3 Å². The molecule has 0 aromatic carbocycles. The number of pyridine rings is 1. The fourth-order valence-corrected chi connectivity index (χ4v) is 4.40. The molecular formula is C19H21ClN4O2S. The van der Waals surface area contributed by atoms with Crippen LogP contribution in [0.1, 0.15) is 34.6 Å². The molecule has 0 amide bonds. The molecule has 0 saturated carbocycles. The number of H-pyrrole nitrogens is 1. The van der Waals surface area contributed by atoms with Crippen molar-refractivity contribution in [2.24, 2.45) is 0 Å². The number of carbonyl (C=O) groups is 1. The number of Topliss-reactive ketones (excluding diaryl/α,β-unsaturated/α-hetero) is 1. The molecule has 4 heterocycles. The first-order valence-electron chi connectivity index (χ1n) is 8.97. The summed E-state index contributed by atoms with van der Waals surface area (Å²) in [5, 5.41) is 1.22. The highest BCUT2D eigenvalue weighted by molar-refractivity contribution is 7.99. The molecule has 1 N–H and O–H groups in total. The zero-order chi connectivity index (χ0) is 19.0. The van der Waals surface area contributed by atoms with Gasteiger partial charge < -0.3 is 14.3 Å². The number of aromatic nitrogens is 4. The predicted molar refractivity (Wildman–Crippen MR) is 107 cm³/mol. The van der Waals surface area contributed by atoms with Crippen molar-refractivity contribution in [3.63, 3.8) is 0 Å². The van der Waals surface area contributed by atoms with Crippen molar-refractivity contribution in [2.45, 2.75) is 44.5 Å². The van der Waals surface area contributed by atoms with E-state index >= 15 is 0 Å². The molecule has 0 aliphatic carbocycles. The molecule has 0 bridgehead atoms. The van der Waals surface area contributed by atoms with Crippen molar-refractivity contribution >= 4 is 40.3 Å². The van der Waals surface area contributed by atoms with Gasteiger partial charge in [0.05, 0.1) is 22.4 Å². The lowest BCUT2D eigenvalue weighted by Crippen LogP contribution is -2.17. The molecule has 27 heavy (non-hydrogen) atoms. The first kappa shape index (κ1) is 18.5. The maximum Gasteiger partial charge on any atom is 0.178 e. The molecule has 1 aliphatic heterocycles. The van der Waals surface area contributed by atoms with Crippen LogP contribution in [-0.4, -0.2) is 43.8 Å². The van der Waals surface area contributed by atoms with Crippen molar-refractivity contribution in [1.82, 2.24) is 19.5 Å². The van der Waals surface area contributed by atoms with Gasteiger partial charge in [0.2, 0.25) is 0 Å². The van der Waals surface area contributed by atoms with Gasteiger partial charge in [0.15, 0.2) is 16.6 Å². The molecule has 142 valence electrons. The molecule has 8 heteroatoms. The zero-order valence-corrected chi connectivity index (χ0v) is 16.9. The average molecular weight is 405 g/mol. The van der Waals surface area contributed by atoms with E-state index in [-0.39, 0.29) is 11.9 Å². The number of imidazole rings is 1. The average Bonchev–Trinajstić information content (AvgIpc) is 3.35. The monoisotopic (exact) mass is 404 g/mol. The van der Waals surface area contributed by atoms with Crippen LogP contribution in [0.2, 0.25) is 5.02 Å². The van der Waals surface area contributed by atoms with Gasteiger partial charge in [-0.15, -0.1) is 0 Å². The summed E-state index contributed by atoms with van der Waals surface area (Å²) < 4.78 is 7.94. The van der Waals surface area contributed by atoms with Crippen molar-refractivity contribution in [3.05, 3.63) is 40.3 Å². The van der Waals surface area contributed by atoms with Gasteiger partial charge in [0, 0.05) is 36.3 Å². The van der Waals surface area contributed by atoms with Crippen molar-refractivity contribution in [2.75, 3.05) is 12.4 Å². The Hall–Kier alpha value is -1.83. The molecule has 1 atom stereocenters. The summed E-state index contributed by atoms with van der Waals surface area (Å²) in [5.74, 6) is 0.413. The summed E-state index contributed by atoms with van der Waals surface area (Å²) in [7, 11) is 0. The molecule has 1 unspecified atom stereocenters. The van der Waals surface area contributed by atoms with E-state index < -0.39 is 0 Å². The van der Waals surface area contributed by atoms with Gasteiger partial charge in [-0.1, -0.05) is 23.4 Å². The van der Waals surface area contributed by atoms with Crippen LogP contribution in [0.4, 0.5) is 0 Å². The quantitative estimate of drug-likeness (QED) is 0.492. The molecule has 3 aromatic heterocycles. The van der Waals surface area contributed by atoms with E-state index in [1.54, 1.807) is 12.3 Å². The van der Waals surface area contributed by atoms with Crippen LogP contribution in [0.25, 0.3) is 11.2 Å². The number of ketones is 1. The van der Waals surface area contributed by atoms with Gasteiger partial charge in [-0.2, -0.15) is 0 Å². The summed E-state index contributed by atoms with van der Waals surface area (Å²) in [6, 6.07) is 3.76. The summed E-state index contributed by atoms with van der Waals surface area (Å²) in [4.78, 5) is 24.5. The Balaban J connectivity index is 1.45. The van der Waals surface area contributed by atoms with Crippen LogP contribution >= 0.6 is 23.4 Å². The van der Waals surface area contributed by atoms with Crippen LogP contribution in [0.3, 0.4) is 0 Å². The maximum atomic E-state index is 12.8. The topological polar surface area (TPSA) is 72.8 Å². The van der Waals surface area contributed by atoms with Gasteiger partial charge >= 0.3 is 0 Å². The van der Waals surface area contributed by atoms with Crippen LogP contribution in [0.5, 0.6) is 0 Å². The van der Waals surface area contributed by atoms with Crippen LogP contribution < -0.4 is 0 Å². The van der Waals surface area contributed by atoms with Crippen LogP contribution in [-0.2, 0) is 11.3 Å². The van der Waals surface area contributed by atoms with Crippen molar-refractivity contribution in [1.29, 1.82) is 0 Å². The molecule has 1 saturated heterocycles. The summed E-state index contributed by atoms with van der Waals surface area (Å²) in [6.07, 6.45) is 4.01. The third-order valence-electron chi connectivity index (χ3n) is 4.91. The molecule has 6 nitrogen and oxygen atoms in total. The fourth-order valence-electron chi connectivity index (χ4n) is 3.49. The first-order valence-corrected chi connectivity index (χ1v) is 10.3. The number of aromatic amines is 1. The lowest BCUT2D eigenvalue weighted by molar-refractivity contribution is 0.0957. The highest BCUT2D eigenvalue weighted by Crippen LogP contribution is 2.24. The Labute approximate surface area is 166 Å². The number of halogens is 1. The zero-order valence-electron chi connectivity index (χ0n) is 15.3. The third kappa shape index (κ3) is 3.90. The summed E-state index contributed by atoms with van der Waals surface area (Å²) in [5.41, 5.74) is 4.25. The number of aryl methyl sites for hydroxylation is 1. The molecule has 1 aliphatic rings. The van der Waals surface area contributed by atoms with Gasteiger partial charge in [0.25, 0.3) is 0 Å². The van der Waals surface area contributed by atoms with E-state index in [1.165, 1.54) is 11.8 Å². The number of hydrogen-bond donors (Lipinski definition) is 1. The van der Waals surface area contributed by atoms with Gasteiger partial charge in [-0.25, -0.2) is 9.97 Å². The standard InChI is InChI=1S/C19H21ClN4O2S/c1-11-6-15(12(2)24(11)9-14-4-3-5-26-14)17(25)10-27-19-22-16-7-13(20)8-21-18(16)23-19/h6-8,14H,3-5,9-10H2,1-2H3,(H,21,22,23). The molecule has 0 radical (unpaired) electrons. The lowest BCUT2D eigenvalue weighted by Gasteiger charge is -2.14. The third-order valence-corrected chi connectivity index (χ3v) is 5.99. The van der Waals surface area contributed by atoms with Gasteiger partial charge in [-0.3, -0.25) is 4.79 Å². The molecule has 3 aromatic rings. The second-order valence-electron chi connectivity index (χ2n) is 6.81. The number of carbonyl (C=O) groups excluding carboxylic acids is 1. The van der Waals surface area contributed by atoms with E-state index in [1.807, 2.05) is 19.9 Å². The molecule has 0 spiro atoms. The summed E-state index contributed by atoms with van der Waals surface area (Å²) in [6.45, 7) is 5.70. The number of rotatable bonds is 6. The Bertz CT molecular complexity index is 991. The SMILES string of the molecule is Cc1cc(C(=O)CSc2nc3ncc(Cl)cc3[nH]2)c(C)n1CC1CCCO1. The number of fused-ring (bicyclic) bond motifs is 1. The number of hydrogen-bond acceptors (Lipinski definition) is 5. The molecular weight excluding hydrogens is 384 g/mol. The highest BCUT2D eigenvalue weighted by atomic mass is 35.5. The fraction of sp³-hybridized carbons (Fsp3) is 0.421. The Morgan fingerprint density at radius 2 is 2.30 bits per heavy atom. The Morgan fingerprint density at radius 1 is 1.44 bits per heavy atom. The van der Waals surface area contributed by atoms with Crippen LogP contribution in [0.15, 0.2) is 23.5 Å². The minimum Gasteiger partial charge on any atom is -0.376 e. The Kier molecular flexibility index (Phi) is 5.25. The maximum absolute atomic E-state index is 12.8. The van der Waals surface area contributed by atoms with Crippen molar-refractivity contribution < 1.29 is 9.53 Å². The number of nitrogens with zero attached hydrogens (tertiary/aromatic N) is 3. The minimum absolute atomic E-state index is 0.0955. The normalized spacial score (nSPS) is 17.1. The number of thioether (sulfide) groups is 1. The van der Waals surface area contributed by atoms with Crippen molar-refractivity contribution in [3.8, 4) is 0 Å². The van der Waals surface area contributed by atoms with E-state index in [0.29, 0.717) is 21.6 Å². The largest absolute Gasteiger partial charge is 0.376 e. The second kappa shape index (κ2) is 7.66. The smallest absolute Gasteiger partial charge is 0.178 e. The van der Waals surface area contributed by atoms with E-state index in [0.717, 1.165) is 48.5 Å². The predicted octanol–water partition coefficient (Wildman–Crippen LogP) is 4.18.